The van der Waals surface area contributed by atoms with Gasteiger partial charge in [-0.05, 0) is 56.0 Å². The fourth-order valence-corrected chi connectivity index (χ4v) is 6.01. The summed E-state index contributed by atoms with van der Waals surface area (Å²) in [4.78, 5) is 5.26. The predicted octanol–water partition coefficient (Wildman–Crippen LogP) is 2.81. The van der Waals surface area contributed by atoms with E-state index in [1.807, 2.05) is 6.07 Å². The lowest BCUT2D eigenvalue weighted by atomic mass is 9.75. The Balaban J connectivity index is 1.30. The Bertz CT molecular complexity index is 889. The highest BCUT2D eigenvalue weighted by Gasteiger charge is 2.40. The van der Waals surface area contributed by atoms with Crippen LogP contribution in [-0.2, 0) is 16.6 Å². The van der Waals surface area contributed by atoms with Crippen molar-refractivity contribution in [2.24, 2.45) is 11.8 Å². The average molecular weight is 414 g/mol. The second kappa shape index (κ2) is 8.96. The van der Waals surface area contributed by atoms with Crippen LogP contribution in [0.2, 0.25) is 0 Å². The first-order valence-corrected chi connectivity index (χ1v) is 12.0. The molecule has 4 atom stereocenters. The lowest BCUT2D eigenvalue weighted by molar-refractivity contribution is -0.00822. The summed E-state index contributed by atoms with van der Waals surface area (Å²) in [6.07, 6.45) is 2.31. The molecule has 3 saturated heterocycles. The van der Waals surface area contributed by atoms with Crippen LogP contribution in [0.15, 0.2) is 65.6 Å². The second-order valence-electron chi connectivity index (χ2n) is 8.54. The minimum atomic E-state index is -3.43. The van der Waals surface area contributed by atoms with Crippen LogP contribution in [0, 0.1) is 11.8 Å². The predicted molar refractivity (Wildman–Crippen MR) is 116 cm³/mol. The van der Waals surface area contributed by atoms with Crippen molar-refractivity contribution in [2.75, 3.05) is 33.2 Å². The van der Waals surface area contributed by atoms with Gasteiger partial charge in [0.1, 0.15) is 0 Å². The van der Waals surface area contributed by atoms with E-state index in [1.165, 1.54) is 12.0 Å². The Labute approximate surface area is 174 Å². The van der Waals surface area contributed by atoms with Gasteiger partial charge in [0, 0.05) is 32.2 Å². The molecule has 1 N–H and O–H groups in total. The lowest BCUT2D eigenvalue weighted by Crippen LogP contribution is -2.58. The standard InChI is InChI=1S/C23H31N3O2S/c1-25(16-19-8-4-2-5-9-19)17-21-18-26-13-12-20(21)14-22(26)15-24-29(27,28)23-10-6-3-7-11-23/h2-11,20-22,24H,12-18H2,1H3/t20-,21+,22+/m0/s1. The first kappa shape index (κ1) is 20.5. The van der Waals surface area contributed by atoms with E-state index < -0.39 is 10.0 Å². The molecule has 3 heterocycles. The fourth-order valence-electron chi connectivity index (χ4n) is 4.92. The third-order valence-corrected chi connectivity index (χ3v) is 7.86. The largest absolute Gasteiger partial charge is 0.302 e. The number of nitrogens with one attached hydrogen (secondary N) is 1. The Morgan fingerprint density at radius 1 is 1.07 bits per heavy atom. The van der Waals surface area contributed by atoms with E-state index in [4.69, 9.17) is 0 Å². The maximum atomic E-state index is 12.5. The van der Waals surface area contributed by atoms with E-state index >= 15 is 0 Å². The number of nitrogens with zero attached hydrogens (tertiary/aromatic N) is 2. The molecule has 0 radical (unpaired) electrons. The van der Waals surface area contributed by atoms with Crippen LogP contribution >= 0.6 is 0 Å². The van der Waals surface area contributed by atoms with Gasteiger partial charge in [0.25, 0.3) is 0 Å². The number of sulfonamides is 1. The van der Waals surface area contributed by atoms with Gasteiger partial charge in [-0.15, -0.1) is 0 Å². The molecule has 1 unspecified atom stereocenters. The third kappa shape index (κ3) is 5.07. The van der Waals surface area contributed by atoms with Gasteiger partial charge in [0.2, 0.25) is 10.0 Å². The summed E-state index contributed by atoms with van der Waals surface area (Å²) in [6.45, 7) is 4.73. The quantitative estimate of drug-likeness (QED) is 0.723. The maximum absolute atomic E-state index is 12.5. The summed E-state index contributed by atoms with van der Waals surface area (Å²) in [5.74, 6) is 1.35. The van der Waals surface area contributed by atoms with Gasteiger partial charge in [-0.25, -0.2) is 13.1 Å². The maximum Gasteiger partial charge on any atom is 0.240 e. The zero-order chi connectivity index (χ0) is 20.3. The number of fused-ring (bicyclic) bond motifs is 3. The molecule has 0 saturated carbocycles. The van der Waals surface area contributed by atoms with E-state index in [0.29, 0.717) is 29.3 Å². The van der Waals surface area contributed by atoms with Crippen LogP contribution < -0.4 is 4.72 Å². The van der Waals surface area contributed by atoms with Crippen molar-refractivity contribution in [3.63, 3.8) is 0 Å². The van der Waals surface area contributed by atoms with Crippen molar-refractivity contribution in [1.29, 1.82) is 0 Å². The van der Waals surface area contributed by atoms with Crippen molar-refractivity contribution in [2.45, 2.75) is 30.3 Å². The highest BCUT2D eigenvalue weighted by Crippen LogP contribution is 2.36. The minimum Gasteiger partial charge on any atom is -0.302 e. The molecule has 2 bridgehead atoms. The van der Waals surface area contributed by atoms with Crippen molar-refractivity contribution >= 4 is 10.0 Å². The van der Waals surface area contributed by atoms with Gasteiger partial charge in [-0.3, -0.25) is 4.90 Å². The van der Waals surface area contributed by atoms with Crippen LogP contribution in [-0.4, -0.2) is 57.5 Å². The summed E-state index contributed by atoms with van der Waals surface area (Å²) in [5.41, 5.74) is 1.35. The molecule has 156 valence electrons. The molecule has 0 aliphatic carbocycles. The van der Waals surface area contributed by atoms with Crippen LogP contribution in [0.3, 0.4) is 0 Å². The molecule has 6 heteroatoms. The van der Waals surface area contributed by atoms with Crippen molar-refractivity contribution in [3.05, 3.63) is 66.2 Å². The van der Waals surface area contributed by atoms with E-state index in [9.17, 15) is 8.42 Å². The number of hydrogen-bond acceptors (Lipinski definition) is 4. The molecule has 5 nitrogen and oxygen atoms in total. The molecule has 2 aromatic rings. The third-order valence-electron chi connectivity index (χ3n) is 6.42. The smallest absolute Gasteiger partial charge is 0.240 e. The first-order valence-electron chi connectivity index (χ1n) is 10.5. The topological polar surface area (TPSA) is 52.6 Å². The van der Waals surface area contributed by atoms with Gasteiger partial charge in [0.15, 0.2) is 0 Å². The molecule has 2 aromatic carbocycles. The monoisotopic (exact) mass is 413 g/mol. The first-order chi connectivity index (χ1) is 14.0. The van der Waals surface area contributed by atoms with Crippen molar-refractivity contribution in [3.8, 4) is 0 Å². The van der Waals surface area contributed by atoms with Crippen molar-refractivity contribution in [1.82, 2.24) is 14.5 Å². The highest BCUT2D eigenvalue weighted by atomic mass is 32.2. The number of hydrogen-bond donors (Lipinski definition) is 1. The molecule has 3 aliphatic rings. The molecule has 0 amide bonds. The Hall–Kier alpha value is -1.73. The SMILES string of the molecule is CN(Cc1ccccc1)C[C@@H]1CN2CC[C@H]1C[C@@H]2CNS(=O)(=O)c1ccccc1. The van der Waals surface area contributed by atoms with Crippen molar-refractivity contribution < 1.29 is 8.42 Å². The van der Waals surface area contributed by atoms with Gasteiger partial charge >= 0.3 is 0 Å². The van der Waals surface area contributed by atoms with E-state index in [1.54, 1.807) is 24.3 Å². The van der Waals surface area contributed by atoms with E-state index in [-0.39, 0.29) is 0 Å². The fraction of sp³-hybridized carbons (Fsp3) is 0.478. The van der Waals surface area contributed by atoms with Crippen LogP contribution in [0.25, 0.3) is 0 Å². The van der Waals surface area contributed by atoms with Crippen LogP contribution in [0.4, 0.5) is 0 Å². The Morgan fingerprint density at radius 3 is 2.41 bits per heavy atom. The molecule has 3 fully saturated rings. The van der Waals surface area contributed by atoms with Gasteiger partial charge in [-0.1, -0.05) is 48.5 Å². The summed E-state index contributed by atoms with van der Waals surface area (Å²) in [6, 6.07) is 19.6. The average Bonchev–Trinajstić information content (AvgIpc) is 2.74. The van der Waals surface area contributed by atoms with Crippen LogP contribution in [0.1, 0.15) is 18.4 Å². The van der Waals surface area contributed by atoms with Gasteiger partial charge in [-0.2, -0.15) is 0 Å². The normalized spacial score (nSPS) is 26.7. The molecule has 5 rings (SSSR count). The molecule has 0 spiro atoms. The van der Waals surface area contributed by atoms with Gasteiger partial charge in [0.05, 0.1) is 4.90 Å². The molecular formula is C23H31N3O2S. The molecular weight excluding hydrogens is 382 g/mol. The number of piperidine rings is 3. The molecule has 0 aromatic heterocycles. The number of benzene rings is 2. The van der Waals surface area contributed by atoms with Gasteiger partial charge < -0.3 is 4.90 Å². The summed E-state index contributed by atoms with van der Waals surface area (Å²) in [7, 11) is -1.22. The lowest BCUT2D eigenvalue weighted by Gasteiger charge is -2.50. The van der Waals surface area contributed by atoms with E-state index in [2.05, 4.69) is 51.9 Å². The summed E-state index contributed by atoms with van der Waals surface area (Å²) < 4.78 is 27.9. The van der Waals surface area contributed by atoms with Crippen LogP contribution in [0.5, 0.6) is 0 Å². The second-order valence-corrected chi connectivity index (χ2v) is 10.3. The minimum absolute atomic E-state index is 0.308. The number of rotatable bonds is 8. The highest BCUT2D eigenvalue weighted by molar-refractivity contribution is 7.89. The summed E-state index contributed by atoms with van der Waals surface area (Å²) in [5, 5.41) is 0. The Kier molecular flexibility index (Phi) is 6.35. The zero-order valence-electron chi connectivity index (χ0n) is 17.1. The van der Waals surface area contributed by atoms with E-state index in [0.717, 1.165) is 32.6 Å². The molecule has 29 heavy (non-hydrogen) atoms. The molecule has 3 aliphatic heterocycles. The Morgan fingerprint density at radius 2 is 1.76 bits per heavy atom. The summed E-state index contributed by atoms with van der Waals surface area (Å²) >= 11 is 0. The zero-order valence-corrected chi connectivity index (χ0v) is 17.9.